The molecule has 0 radical (unpaired) electrons. The zero-order valence-electron chi connectivity index (χ0n) is 12.8. The fourth-order valence-electron chi connectivity index (χ4n) is 2.26. The molecule has 24 heavy (non-hydrogen) atoms. The number of amides is 1. The third kappa shape index (κ3) is 4.04. The van der Waals surface area contributed by atoms with Gasteiger partial charge in [0.2, 0.25) is 5.91 Å². The van der Waals surface area contributed by atoms with Gasteiger partial charge in [-0.05, 0) is 36.8 Å². The van der Waals surface area contributed by atoms with Crippen molar-refractivity contribution in [2.24, 2.45) is 0 Å². The summed E-state index contributed by atoms with van der Waals surface area (Å²) in [6.45, 7) is 1.89. The molecule has 0 bridgehead atoms. The maximum absolute atomic E-state index is 12.1. The first kappa shape index (κ1) is 17.1. The minimum Gasteiger partial charge on any atom is -0.431 e. The predicted molar refractivity (Wildman–Crippen MR) is 97.8 cm³/mol. The van der Waals surface area contributed by atoms with Crippen LogP contribution in [0, 0.1) is 0 Å². The monoisotopic (exact) mass is 380 g/mol. The Kier molecular flexibility index (Phi) is 5.33. The number of fused-ring (bicyclic) bond motifs is 1. The second kappa shape index (κ2) is 7.47. The minimum atomic E-state index is -0.172. The SMILES string of the molecule is CC(NC(=O)CSc1nc2cc(Cl)ccc2o1)c1ccccc1Cl. The van der Waals surface area contributed by atoms with Gasteiger partial charge in [-0.25, -0.2) is 4.98 Å². The fraction of sp³-hybridized carbons (Fsp3) is 0.176. The van der Waals surface area contributed by atoms with Crippen LogP contribution in [0.15, 0.2) is 52.1 Å². The van der Waals surface area contributed by atoms with Gasteiger partial charge in [-0.1, -0.05) is 53.2 Å². The minimum absolute atomic E-state index is 0.118. The van der Waals surface area contributed by atoms with Crippen molar-refractivity contribution in [2.75, 3.05) is 5.75 Å². The van der Waals surface area contributed by atoms with Gasteiger partial charge in [-0.15, -0.1) is 0 Å². The summed E-state index contributed by atoms with van der Waals surface area (Å²) < 4.78 is 5.57. The summed E-state index contributed by atoms with van der Waals surface area (Å²) >= 11 is 13.3. The van der Waals surface area contributed by atoms with E-state index in [9.17, 15) is 4.79 Å². The average Bonchev–Trinajstić information content (AvgIpc) is 2.95. The van der Waals surface area contributed by atoms with Crippen LogP contribution in [-0.2, 0) is 4.79 Å². The van der Waals surface area contributed by atoms with Crippen molar-refractivity contribution < 1.29 is 9.21 Å². The third-order valence-corrected chi connectivity index (χ3v) is 4.81. The Hall–Kier alpha value is -1.69. The van der Waals surface area contributed by atoms with E-state index in [-0.39, 0.29) is 17.7 Å². The van der Waals surface area contributed by atoms with Gasteiger partial charge in [0.1, 0.15) is 5.52 Å². The van der Waals surface area contributed by atoms with Gasteiger partial charge in [0.05, 0.1) is 11.8 Å². The van der Waals surface area contributed by atoms with Crippen LogP contribution in [0.25, 0.3) is 11.1 Å². The lowest BCUT2D eigenvalue weighted by molar-refractivity contribution is -0.119. The number of rotatable bonds is 5. The molecule has 0 saturated carbocycles. The highest BCUT2D eigenvalue weighted by Gasteiger charge is 2.14. The van der Waals surface area contributed by atoms with Crippen LogP contribution in [0.5, 0.6) is 0 Å². The predicted octanol–water partition coefficient (Wildman–Crippen LogP) is 5.10. The van der Waals surface area contributed by atoms with Gasteiger partial charge < -0.3 is 9.73 Å². The first-order valence-corrected chi connectivity index (χ1v) is 9.00. The molecule has 0 fully saturated rings. The molecule has 3 rings (SSSR count). The van der Waals surface area contributed by atoms with Gasteiger partial charge in [0.25, 0.3) is 5.22 Å². The van der Waals surface area contributed by atoms with Crippen molar-refractivity contribution >= 4 is 52.0 Å². The lowest BCUT2D eigenvalue weighted by Crippen LogP contribution is -2.28. The second-order valence-electron chi connectivity index (χ2n) is 5.19. The summed E-state index contributed by atoms with van der Waals surface area (Å²) in [6, 6.07) is 12.5. The number of thioether (sulfide) groups is 1. The Morgan fingerprint density at radius 3 is 2.88 bits per heavy atom. The van der Waals surface area contributed by atoms with E-state index in [0.29, 0.717) is 26.4 Å². The lowest BCUT2D eigenvalue weighted by atomic mass is 10.1. The van der Waals surface area contributed by atoms with Crippen molar-refractivity contribution in [3.8, 4) is 0 Å². The quantitative estimate of drug-likeness (QED) is 0.625. The number of halogens is 2. The van der Waals surface area contributed by atoms with E-state index < -0.39 is 0 Å². The van der Waals surface area contributed by atoms with E-state index in [1.807, 2.05) is 25.1 Å². The van der Waals surface area contributed by atoms with Crippen molar-refractivity contribution in [3.05, 3.63) is 58.1 Å². The molecule has 1 N–H and O–H groups in total. The molecule has 2 aromatic carbocycles. The molecule has 3 aromatic rings. The molecule has 1 amide bonds. The van der Waals surface area contributed by atoms with Gasteiger partial charge >= 0.3 is 0 Å². The highest BCUT2D eigenvalue weighted by Crippen LogP contribution is 2.26. The topological polar surface area (TPSA) is 55.1 Å². The average molecular weight is 381 g/mol. The van der Waals surface area contributed by atoms with Crippen LogP contribution in [-0.4, -0.2) is 16.6 Å². The van der Waals surface area contributed by atoms with E-state index in [2.05, 4.69) is 10.3 Å². The van der Waals surface area contributed by atoms with E-state index in [4.69, 9.17) is 27.6 Å². The molecular weight excluding hydrogens is 367 g/mol. The Bertz CT molecular complexity index is 882. The van der Waals surface area contributed by atoms with E-state index in [0.717, 1.165) is 5.56 Å². The number of nitrogens with one attached hydrogen (secondary N) is 1. The van der Waals surface area contributed by atoms with Gasteiger partial charge in [-0.3, -0.25) is 4.79 Å². The molecule has 1 aromatic heterocycles. The van der Waals surface area contributed by atoms with Crippen molar-refractivity contribution in [3.63, 3.8) is 0 Å². The number of hydrogen-bond acceptors (Lipinski definition) is 4. The third-order valence-electron chi connectivity index (χ3n) is 3.41. The largest absolute Gasteiger partial charge is 0.431 e. The summed E-state index contributed by atoms with van der Waals surface area (Å²) in [4.78, 5) is 16.4. The van der Waals surface area contributed by atoms with Crippen molar-refractivity contribution in [1.82, 2.24) is 10.3 Å². The summed E-state index contributed by atoms with van der Waals surface area (Å²) in [6.07, 6.45) is 0. The Morgan fingerprint density at radius 1 is 1.29 bits per heavy atom. The molecule has 0 saturated heterocycles. The Morgan fingerprint density at radius 2 is 2.08 bits per heavy atom. The molecule has 1 heterocycles. The lowest BCUT2D eigenvalue weighted by Gasteiger charge is -2.15. The first-order chi connectivity index (χ1) is 11.5. The Balaban J connectivity index is 1.59. The summed E-state index contributed by atoms with van der Waals surface area (Å²) in [5.74, 6) is 0.0859. The van der Waals surface area contributed by atoms with Gasteiger partial charge in [-0.2, -0.15) is 0 Å². The molecule has 124 valence electrons. The normalized spacial score (nSPS) is 12.3. The van der Waals surface area contributed by atoms with Crippen LogP contribution < -0.4 is 5.32 Å². The van der Waals surface area contributed by atoms with Crippen molar-refractivity contribution in [2.45, 2.75) is 18.2 Å². The number of benzene rings is 2. The zero-order valence-corrected chi connectivity index (χ0v) is 15.1. The fourth-order valence-corrected chi connectivity index (χ4v) is 3.37. The Labute approximate surface area is 153 Å². The van der Waals surface area contributed by atoms with Crippen LogP contribution >= 0.6 is 35.0 Å². The van der Waals surface area contributed by atoms with Crippen molar-refractivity contribution in [1.29, 1.82) is 0 Å². The molecule has 1 unspecified atom stereocenters. The second-order valence-corrected chi connectivity index (χ2v) is 6.96. The number of oxazole rings is 1. The van der Waals surface area contributed by atoms with E-state index in [1.165, 1.54) is 11.8 Å². The number of carbonyl (C=O) groups excluding carboxylic acids is 1. The van der Waals surface area contributed by atoms with E-state index >= 15 is 0 Å². The maximum Gasteiger partial charge on any atom is 0.257 e. The highest BCUT2D eigenvalue weighted by molar-refractivity contribution is 7.99. The maximum atomic E-state index is 12.1. The molecule has 0 aliphatic carbocycles. The van der Waals surface area contributed by atoms with Crippen LogP contribution in [0.2, 0.25) is 10.0 Å². The summed E-state index contributed by atoms with van der Waals surface area (Å²) in [5, 5.41) is 4.58. The van der Waals surface area contributed by atoms with E-state index in [1.54, 1.807) is 24.3 Å². The molecule has 0 aliphatic heterocycles. The van der Waals surface area contributed by atoms with Crippen LogP contribution in [0.3, 0.4) is 0 Å². The number of carbonyl (C=O) groups is 1. The summed E-state index contributed by atoms with van der Waals surface area (Å²) in [5.41, 5.74) is 2.20. The first-order valence-electron chi connectivity index (χ1n) is 7.25. The highest BCUT2D eigenvalue weighted by atomic mass is 35.5. The molecule has 1 atom stereocenters. The molecule has 0 spiro atoms. The number of nitrogens with zero attached hydrogens (tertiary/aromatic N) is 1. The molecular formula is C17H14Cl2N2O2S. The molecule has 7 heteroatoms. The smallest absolute Gasteiger partial charge is 0.257 e. The van der Waals surface area contributed by atoms with Gasteiger partial charge in [0.15, 0.2) is 5.58 Å². The zero-order chi connectivity index (χ0) is 17.1. The molecule has 4 nitrogen and oxygen atoms in total. The summed E-state index contributed by atoms with van der Waals surface area (Å²) in [7, 11) is 0. The standard InChI is InChI=1S/C17H14Cl2N2O2S/c1-10(12-4-2-3-5-13(12)19)20-16(22)9-24-17-21-14-8-11(18)6-7-15(14)23-17/h2-8,10H,9H2,1H3,(H,20,22). The molecule has 0 aliphatic rings. The number of aromatic nitrogens is 1. The van der Waals surface area contributed by atoms with Crippen LogP contribution in [0.1, 0.15) is 18.5 Å². The van der Waals surface area contributed by atoms with Crippen LogP contribution in [0.4, 0.5) is 0 Å². The number of hydrogen-bond donors (Lipinski definition) is 1. The van der Waals surface area contributed by atoms with Gasteiger partial charge in [0, 0.05) is 10.0 Å².